The van der Waals surface area contributed by atoms with Crippen LogP contribution in [0.25, 0.3) is 0 Å². The molecule has 1 unspecified atom stereocenters. The summed E-state index contributed by atoms with van der Waals surface area (Å²) in [6.07, 6.45) is -0.614. The van der Waals surface area contributed by atoms with Crippen molar-refractivity contribution >= 4 is 45.9 Å². The van der Waals surface area contributed by atoms with Crippen LogP contribution in [0.2, 0.25) is 0 Å². The monoisotopic (exact) mass is 617 g/mol. The summed E-state index contributed by atoms with van der Waals surface area (Å²) in [7, 11) is 1.44. The van der Waals surface area contributed by atoms with Gasteiger partial charge in [-0.3, -0.25) is 28.9 Å². The summed E-state index contributed by atoms with van der Waals surface area (Å²) in [5, 5.41) is 0.689. The first kappa shape index (κ1) is 32.1. The lowest BCUT2D eigenvalue weighted by molar-refractivity contribution is -0.144. The first-order valence-corrected chi connectivity index (χ1v) is 14.3. The Morgan fingerprint density at radius 2 is 1.79 bits per heavy atom. The molecule has 4 rings (SSSR count). The molecule has 0 bridgehead atoms. The van der Waals surface area contributed by atoms with Crippen LogP contribution in [-0.4, -0.2) is 72.8 Å². The second-order valence-electron chi connectivity index (χ2n) is 11.9. The van der Waals surface area contributed by atoms with Crippen LogP contribution in [0.1, 0.15) is 89.2 Å². The number of methoxy groups -OCH3 is 1. The first-order valence-electron chi connectivity index (χ1n) is 13.5. The van der Waals surface area contributed by atoms with Gasteiger partial charge in [-0.15, -0.1) is 11.3 Å². The molecule has 0 fully saturated rings. The lowest BCUT2D eigenvalue weighted by Gasteiger charge is -2.29. The van der Waals surface area contributed by atoms with Crippen molar-refractivity contribution < 1.29 is 47.8 Å². The summed E-state index contributed by atoms with van der Waals surface area (Å²) in [4.78, 5) is 72.8. The van der Waals surface area contributed by atoms with E-state index in [-0.39, 0.29) is 53.8 Å². The average molecular weight is 618 g/mol. The zero-order valence-electron chi connectivity index (χ0n) is 25.1. The smallest absolute Gasteiger partial charge is 0.342 e. The van der Waals surface area contributed by atoms with Crippen molar-refractivity contribution in [3.05, 3.63) is 45.3 Å². The van der Waals surface area contributed by atoms with E-state index in [0.29, 0.717) is 15.5 Å². The topological polar surface area (TPSA) is 164 Å². The number of carbonyl (C=O) groups excluding carboxylic acids is 5. The summed E-state index contributed by atoms with van der Waals surface area (Å²) in [6.45, 7) is 9.89. The Morgan fingerprint density at radius 1 is 1.09 bits per heavy atom. The molecule has 1 aromatic heterocycles. The number of nitrogens with two attached hydrogens (primary N) is 1. The number of benzene rings is 1. The van der Waals surface area contributed by atoms with E-state index >= 15 is 0 Å². The van der Waals surface area contributed by atoms with Gasteiger partial charge in [-0.25, -0.2) is 4.79 Å². The van der Waals surface area contributed by atoms with Crippen LogP contribution in [0.5, 0.6) is 5.75 Å². The molecule has 3 heterocycles. The maximum Gasteiger partial charge on any atom is 0.342 e. The van der Waals surface area contributed by atoms with Gasteiger partial charge >= 0.3 is 17.8 Å². The number of primary amides is 1. The third kappa shape index (κ3) is 6.72. The van der Waals surface area contributed by atoms with Crippen LogP contribution in [0.4, 0.5) is 5.00 Å². The van der Waals surface area contributed by atoms with Gasteiger partial charge < -0.3 is 24.7 Å². The molecular weight excluding hydrogens is 582 g/mol. The molecule has 2 aliphatic heterocycles. The van der Waals surface area contributed by atoms with Gasteiger partial charge in [0.25, 0.3) is 11.8 Å². The number of hydroxylamine groups is 1. The third-order valence-electron chi connectivity index (χ3n) is 6.17. The minimum Gasteiger partial charge on any atom is -0.467 e. The highest BCUT2D eigenvalue weighted by atomic mass is 32.1. The number of hydrogen-bond acceptors (Lipinski definition) is 11. The molecule has 2 N–H and O–H groups in total. The number of nitrogens with zero attached hydrogens (tertiary/aromatic N) is 2. The van der Waals surface area contributed by atoms with E-state index in [1.807, 2.05) is 0 Å². The zero-order valence-corrected chi connectivity index (χ0v) is 25.9. The van der Waals surface area contributed by atoms with Crippen LogP contribution in [0.3, 0.4) is 0 Å². The van der Waals surface area contributed by atoms with E-state index in [2.05, 4.69) is 0 Å². The number of thiophene rings is 1. The number of esters is 1. The van der Waals surface area contributed by atoms with E-state index in [1.165, 1.54) is 13.2 Å². The highest BCUT2D eigenvalue weighted by Gasteiger charge is 2.43. The average Bonchev–Trinajstić information content (AvgIpc) is 3.41. The van der Waals surface area contributed by atoms with Crippen molar-refractivity contribution in [2.45, 2.75) is 65.3 Å². The number of hydrogen-bond donors (Lipinski definition) is 1. The number of carbonyl (C=O) groups is 5. The normalized spacial score (nSPS) is 16.5. The molecule has 1 aromatic carbocycles. The van der Waals surface area contributed by atoms with E-state index in [0.717, 1.165) is 16.2 Å². The second kappa shape index (κ2) is 12.0. The van der Waals surface area contributed by atoms with Crippen LogP contribution in [0.15, 0.2) is 18.2 Å². The van der Waals surface area contributed by atoms with Crippen molar-refractivity contribution in [2.75, 3.05) is 32.1 Å². The Bertz CT molecular complexity index is 1470. The lowest BCUT2D eigenvalue weighted by atomic mass is 10.0. The number of amides is 4. The van der Waals surface area contributed by atoms with Gasteiger partial charge in [0, 0.05) is 12.0 Å². The molecule has 4 amide bonds. The molecule has 1 atom stereocenters. The molecule has 0 saturated heterocycles. The molecule has 0 radical (unpaired) electrons. The minimum atomic E-state index is -1.30. The summed E-state index contributed by atoms with van der Waals surface area (Å²) < 4.78 is 22.2. The SMILES string of the molecule is COCOc1cccc2c1C(=O)N(CC1OCCc3c1sc(N(OC(C)(C)C)C(=O)C(N)=O)c3C(=O)OC(C)(C)C)C2=O. The largest absolute Gasteiger partial charge is 0.467 e. The Labute approximate surface area is 252 Å². The van der Waals surface area contributed by atoms with Crippen molar-refractivity contribution in [3.63, 3.8) is 0 Å². The van der Waals surface area contributed by atoms with Gasteiger partial charge in [-0.05, 0) is 65.7 Å². The predicted octanol–water partition coefficient (Wildman–Crippen LogP) is 3.14. The highest BCUT2D eigenvalue weighted by Crippen LogP contribution is 2.45. The fraction of sp³-hybridized carbons (Fsp3) is 0.483. The van der Waals surface area contributed by atoms with Crippen LogP contribution < -0.4 is 15.5 Å². The lowest BCUT2D eigenvalue weighted by Crippen LogP contribution is -2.45. The van der Waals surface area contributed by atoms with Crippen LogP contribution in [0, 0.1) is 0 Å². The molecule has 0 saturated carbocycles. The molecule has 0 aliphatic carbocycles. The maximum absolute atomic E-state index is 13.6. The quantitative estimate of drug-likeness (QED) is 0.153. The van der Waals surface area contributed by atoms with Crippen molar-refractivity contribution in [1.82, 2.24) is 4.90 Å². The number of anilines is 1. The van der Waals surface area contributed by atoms with Gasteiger partial charge in [-0.2, -0.15) is 5.06 Å². The molecule has 2 aromatic rings. The number of imide groups is 1. The van der Waals surface area contributed by atoms with Crippen LogP contribution in [-0.2, 0) is 35.1 Å². The molecule has 13 nitrogen and oxygen atoms in total. The second-order valence-corrected chi connectivity index (χ2v) is 12.9. The summed E-state index contributed by atoms with van der Waals surface area (Å²) in [6, 6.07) is 4.70. The molecule has 0 spiro atoms. The van der Waals surface area contributed by atoms with Gasteiger partial charge in [0.2, 0.25) is 0 Å². The molecule has 232 valence electrons. The molecular formula is C29H35N3O10S. The third-order valence-corrected chi connectivity index (χ3v) is 7.47. The summed E-state index contributed by atoms with van der Waals surface area (Å²) in [5.74, 6) is -4.15. The zero-order chi connectivity index (χ0) is 31.9. The highest BCUT2D eigenvalue weighted by molar-refractivity contribution is 7.17. The van der Waals surface area contributed by atoms with E-state index in [1.54, 1.807) is 53.7 Å². The molecule has 2 aliphatic rings. The van der Waals surface area contributed by atoms with E-state index in [9.17, 15) is 24.0 Å². The predicted molar refractivity (Wildman–Crippen MR) is 154 cm³/mol. The standard InChI is InChI=1S/C29H35N3O10S/c1-28(2,3)41-27(37)20-15-11-12-39-18(21(15)43-26(20)32(25(36)22(30)33)42-29(4,5)6)13-31-23(34)16-9-8-10-17(40-14-38-7)19(16)24(31)35/h8-10,18H,11-14H2,1-7H3,(H2,30,33). The van der Waals surface area contributed by atoms with Gasteiger partial charge in [-0.1, -0.05) is 6.07 Å². The number of ether oxygens (including phenoxy) is 4. The maximum atomic E-state index is 13.6. The Kier molecular flexibility index (Phi) is 8.97. The first-order chi connectivity index (χ1) is 20.0. The number of fused-ring (bicyclic) bond motifs is 2. The summed E-state index contributed by atoms with van der Waals surface area (Å²) in [5.41, 5.74) is 4.28. The van der Waals surface area contributed by atoms with Crippen molar-refractivity contribution in [1.29, 1.82) is 0 Å². The van der Waals surface area contributed by atoms with E-state index < -0.39 is 46.9 Å². The van der Waals surface area contributed by atoms with Gasteiger partial charge in [0.05, 0.1) is 29.9 Å². The van der Waals surface area contributed by atoms with Gasteiger partial charge in [0.15, 0.2) is 6.79 Å². The Hall–Kier alpha value is -3.85. The van der Waals surface area contributed by atoms with Crippen LogP contribution >= 0.6 is 11.3 Å². The fourth-order valence-corrected chi connectivity index (χ4v) is 5.92. The van der Waals surface area contributed by atoms with Crippen molar-refractivity contribution in [3.8, 4) is 5.75 Å². The Balaban J connectivity index is 1.78. The Morgan fingerprint density at radius 3 is 2.40 bits per heavy atom. The minimum absolute atomic E-state index is 0.0136. The number of rotatable bonds is 8. The van der Waals surface area contributed by atoms with Crippen molar-refractivity contribution in [2.24, 2.45) is 5.73 Å². The summed E-state index contributed by atoms with van der Waals surface area (Å²) >= 11 is 0.959. The fourth-order valence-electron chi connectivity index (χ4n) is 4.60. The molecule has 14 heteroatoms. The van der Waals surface area contributed by atoms with Gasteiger partial charge in [0.1, 0.15) is 28.0 Å². The molecule has 43 heavy (non-hydrogen) atoms. The van der Waals surface area contributed by atoms with E-state index in [4.69, 9.17) is 29.5 Å².